The summed E-state index contributed by atoms with van der Waals surface area (Å²) in [6, 6.07) is 6.89. The first-order valence-corrected chi connectivity index (χ1v) is 6.64. The third-order valence-corrected chi connectivity index (χ3v) is 3.06. The summed E-state index contributed by atoms with van der Waals surface area (Å²) in [5.74, 6) is 0.0168. The van der Waals surface area contributed by atoms with Crippen LogP contribution in [0.3, 0.4) is 0 Å². The largest absolute Gasteiger partial charge is 0.493 e. The topological polar surface area (TPSA) is 81.4 Å². The van der Waals surface area contributed by atoms with E-state index < -0.39 is 11.3 Å². The molecule has 1 aromatic carbocycles. The van der Waals surface area contributed by atoms with Crippen LogP contribution in [0.25, 0.3) is 0 Å². The Bertz CT molecular complexity index is 472. The van der Waals surface area contributed by atoms with Crippen molar-refractivity contribution in [3.8, 4) is 5.75 Å². The predicted molar refractivity (Wildman–Crippen MR) is 77.5 cm³/mol. The maximum Gasteiger partial charge on any atom is 0.224 e. The minimum atomic E-state index is -0.757. The molecule has 20 heavy (non-hydrogen) atoms. The van der Waals surface area contributed by atoms with E-state index >= 15 is 0 Å². The molecule has 0 saturated heterocycles. The van der Waals surface area contributed by atoms with Gasteiger partial charge in [-0.15, -0.1) is 0 Å². The van der Waals surface area contributed by atoms with Crippen molar-refractivity contribution in [2.24, 2.45) is 11.1 Å². The first-order chi connectivity index (χ1) is 9.31. The minimum Gasteiger partial charge on any atom is -0.493 e. The highest BCUT2D eigenvalue weighted by atomic mass is 35.5. The molecule has 110 valence electrons. The van der Waals surface area contributed by atoms with Crippen LogP contribution in [0.15, 0.2) is 24.3 Å². The van der Waals surface area contributed by atoms with Crippen LogP contribution in [0.2, 0.25) is 5.02 Å². The lowest BCUT2D eigenvalue weighted by molar-refractivity contribution is -0.127. The molecule has 0 aliphatic rings. The summed E-state index contributed by atoms with van der Waals surface area (Å²) in [4.78, 5) is 22.7. The van der Waals surface area contributed by atoms with Crippen LogP contribution in [-0.2, 0) is 9.59 Å². The van der Waals surface area contributed by atoms with Gasteiger partial charge in [0.05, 0.1) is 18.4 Å². The van der Waals surface area contributed by atoms with Gasteiger partial charge in [0.15, 0.2) is 0 Å². The number of amides is 2. The Morgan fingerprint density at radius 2 is 1.90 bits per heavy atom. The van der Waals surface area contributed by atoms with Crippen molar-refractivity contribution in [3.63, 3.8) is 0 Å². The molecule has 0 unspecified atom stereocenters. The predicted octanol–water partition coefficient (Wildman–Crippen LogP) is 1.74. The fourth-order valence-corrected chi connectivity index (χ4v) is 1.41. The normalized spacial score (nSPS) is 10.9. The van der Waals surface area contributed by atoms with E-state index in [0.29, 0.717) is 10.8 Å². The molecule has 0 aliphatic carbocycles. The second kappa shape index (κ2) is 7.14. The fourth-order valence-electron chi connectivity index (χ4n) is 1.29. The Balaban J connectivity index is 2.27. The van der Waals surface area contributed by atoms with E-state index in [2.05, 4.69) is 5.32 Å². The molecule has 0 bridgehead atoms. The molecule has 0 radical (unpaired) electrons. The van der Waals surface area contributed by atoms with Gasteiger partial charge in [-0.1, -0.05) is 11.6 Å². The van der Waals surface area contributed by atoms with Crippen LogP contribution in [0.4, 0.5) is 0 Å². The number of benzene rings is 1. The molecular formula is C14H19ClN2O3. The molecule has 1 aromatic rings. The summed E-state index contributed by atoms with van der Waals surface area (Å²) in [6.07, 6.45) is 0.206. The van der Waals surface area contributed by atoms with Crippen molar-refractivity contribution in [3.05, 3.63) is 29.3 Å². The van der Waals surface area contributed by atoms with Crippen molar-refractivity contribution < 1.29 is 14.3 Å². The summed E-state index contributed by atoms with van der Waals surface area (Å²) in [5.41, 5.74) is 4.46. The van der Waals surface area contributed by atoms with Crippen molar-refractivity contribution in [1.29, 1.82) is 0 Å². The second-order valence-electron chi connectivity index (χ2n) is 5.08. The first kappa shape index (κ1) is 16.3. The van der Waals surface area contributed by atoms with Gasteiger partial charge in [0.1, 0.15) is 5.75 Å². The molecule has 3 N–H and O–H groups in total. The molecule has 0 aliphatic heterocycles. The zero-order valence-corrected chi connectivity index (χ0v) is 12.4. The first-order valence-electron chi connectivity index (χ1n) is 6.26. The molecular weight excluding hydrogens is 280 g/mol. The third-order valence-electron chi connectivity index (χ3n) is 2.81. The molecule has 0 aromatic heterocycles. The lowest BCUT2D eigenvalue weighted by Gasteiger charge is -2.20. The highest BCUT2D eigenvalue weighted by molar-refractivity contribution is 6.30. The third kappa shape index (κ3) is 5.48. The Labute approximate surface area is 123 Å². The monoisotopic (exact) mass is 298 g/mol. The Kier molecular flexibility index (Phi) is 5.82. The molecule has 0 fully saturated rings. The van der Waals surface area contributed by atoms with Crippen molar-refractivity contribution in [2.75, 3.05) is 13.2 Å². The molecule has 0 spiro atoms. The summed E-state index contributed by atoms with van der Waals surface area (Å²) in [5, 5.41) is 3.29. The van der Waals surface area contributed by atoms with Gasteiger partial charge < -0.3 is 15.8 Å². The number of primary amides is 1. The number of hydrogen-bond acceptors (Lipinski definition) is 3. The highest BCUT2D eigenvalue weighted by Gasteiger charge is 2.25. The average Bonchev–Trinajstić information content (AvgIpc) is 2.39. The number of nitrogens with two attached hydrogens (primary N) is 1. The number of nitrogens with one attached hydrogen (secondary N) is 1. The Morgan fingerprint density at radius 3 is 2.45 bits per heavy atom. The van der Waals surface area contributed by atoms with Crippen LogP contribution in [0.5, 0.6) is 5.75 Å². The van der Waals surface area contributed by atoms with Gasteiger partial charge in [-0.25, -0.2) is 0 Å². The summed E-state index contributed by atoms with van der Waals surface area (Å²) >= 11 is 5.75. The van der Waals surface area contributed by atoms with Gasteiger partial charge >= 0.3 is 0 Å². The van der Waals surface area contributed by atoms with E-state index in [9.17, 15) is 9.59 Å². The van der Waals surface area contributed by atoms with E-state index in [-0.39, 0.29) is 25.5 Å². The summed E-state index contributed by atoms with van der Waals surface area (Å²) in [7, 11) is 0. The molecule has 0 atom stereocenters. The van der Waals surface area contributed by atoms with E-state index in [0.717, 1.165) is 0 Å². The van der Waals surface area contributed by atoms with Crippen molar-refractivity contribution in [2.45, 2.75) is 20.3 Å². The van der Waals surface area contributed by atoms with Crippen LogP contribution in [0.1, 0.15) is 20.3 Å². The van der Waals surface area contributed by atoms with Gasteiger partial charge in [-0.2, -0.15) is 0 Å². The smallest absolute Gasteiger partial charge is 0.224 e. The number of rotatable bonds is 7. The molecule has 5 nitrogen and oxygen atoms in total. The highest BCUT2D eigenvalue weighted by Crippen LogP contribution is 2.15. The van der Waals surface area contributed by atoms with Gasteiger partial charge in [-0.05, 0) is 38.1 Å². The van der Waals surface area contributed by atoms with E-state index in [1.54, 1.807) is 38.1 Å². The van der Waals surface area contributed by atoms with E-state index in [1.807, 2.05) is 0 Å². The number of carbonyl (C=O) groups is 2. The molecule has 2 amide bonds. The van der Waals surface area contributed by atoms with Crippen molar-refractivity contribution >= 4 is 23.4 Å². The maximum absolute atomic E-state index is 11.6. The van der Waals surface area contributed by atoms with Crippen LogP contribution >= 0.6 is 11.6 Å². The second-order valence-corrected chi connectivity index (χ2v) is 5.51. The van der Waals surface area contributed by atoms with Crippen LogP contribution in [0, 0.1) is 5.41 Å². The fraction of sp³-hybridized carbons (Fsp3) is 0.429. The quantitative estimate of drug-likeness (QED) is 0.804. The van der Waals surface area contributed by atoms with E-state index in [4.69, 9.17) is 22.1 Å². The van der Waals surface area contributed by atoms with Crippen LogP contribution < -0.4 is 15.8 Å². The number of halogens is 1. The number of carbonyl (C=O) groups excluding carboxylic acids is 2. The van der Waals surface area contributed by atoms with Gasteiger partial charge in [-0.3, -0.25) is 9.59 Å². The average molecular weight is 299 g/mol. The molecule has 1 rings (SSSR count). The Hall–Kier alpha value is -1.75. The molecule has 6 heteroatoms. The lowest BCUT2D eigenvalue weighted by Crippen LogP contribution is -2.42. The van der Waals surface area contributed by atoms with E-state index in [1.165, 1.54) is 0 Å². The van der Waals surface area contributed by atoms with Gasteiger partial charge in [0, 0.05) is 11.6 Å². The van der Waals surface area contributed by atoms with Gasteiger partial charge in [0.2, 0.25) is 11.8 Å². The minimum absolute atomic E-state index is 0.187. The van der Waals surface area contributed by atoms with Crippen LogP contribution in [-0.4, -0.2) is 25.0 Å². The Morgan fingerprint density at radius 1 is 1.30 bits per heavy atom. The molecule has 0 saturated carbocycles. The number of ether oxygens (including phenoxy) is 1. The maximum atomic E-state index is 11.6. The van der Waals surface area contributed by atoms with Crippen molar-refractivity contribution in [1.82, 2.24) is 5.32 Å². The summed E-state index contributed by atoms with van der Waals surface area (Å²) < 4.78 is 5.40. The number of hydrogen-bond donors (Lipinski definition) is 2. The SMILES string of the molecule is CC(C)(CNC(=O)CCOc1ccc(Cl)cc1)C(N)=O. The lowest BCUT2D eigenvalue weighted by atomic mass is 9.93. The zero-order chi connectivity index (χ0) is 15.2. The standard InChI is InChI=1S/C14H19ClN2O3/c1-14(2,13(16)19)9-17-12(18)7-8-20-11-5-3-10(15)4-6-11/h3-6H,7-9H2,1-2H3,(H2,16,19)(H,17,18). The zero-order valence-electron chi connectivity index (χ0n) is 11.6. The van der Waals surface area contributed by atoms with Gasteiger partial charge in [0.25, 0.3) is 0 Å². The summed E-state index contributed by atoms with van der Waals surface area (Å²) in [6.45, 7) is 3.83. The molecule has 0 heterocycles.